The van der Waals surface area contributed by atoms with E-state index in [-0.39, 0.29) is 19.0 Å². The second-order valence-corrected chi connectivity index (χ2v) is 8.96. The molecule has 170 valence electrons. The summed E-state index contributed by atoms with van der Waals surface area (Å²) in [6.07, 6.45) is 4.74. The molecule has 3 aliphatic rings. The molecule has 1 fully saturated rings. The molecule has 0 aromatic heterocycles. The molecule has 5 heteroatoms. The Morgan fingerprint density at radius 3 is 2.45 bits per heavy atom. The zero-order valence-electron chi connectivity index (χ0n) is 18.8. The minimum Gasteiger partial charge on any atom is -0.493 e. The average Bonchev–Trinajstić information content (AvgIpc) is 3.34. The summed E-state index contributed by atoms with van der Waals surface area (Å²) in [5.41, 5.74) is 4.68. The molecule has 3 aromatic rings. The van der Waals surface area contributed by atoms with Crippen molar-refractivity contribution >= 4 is 0 Å². The quantitative estimate of drug-likeness (QED) is 0.472. The first kappa shape index (κ1) is 20.4. The van der Waals surface area contributed by atoms with Gasteiger partial charge in [-0.05, 0) is 59.4 Å². The van der Waals surface area contributed by atoms with Crippen LogP contribution in [-0.2, 0) is 11.3 Å². The van der Waals surface area contributed by atoms with Crippen molar-refractivity contribution in [3.05, 3.63) is 82.9 Å². The summed E-state index contributed by atoms with van der Waals surface area (Å²) >= 11 is 0. The smallest absolute Gasteiger partial charge is 0.231 e. The van der Waals surface area contributed by atoms with Gasteiger partial charge in [-0.25, -0.2) is 0 Å². The number of methoxy groups -OCH3 is 1. The Hall–Kier alpha value is -3.18. The monoisotopic (exact) mass is 444 g/mol. The molecule has 5 nitrogen and oxygen atoms in total. The van der Waals surface area contributed by atoms with E-state index >= 15 is 0 Å². The normalized spacial score (nSPS) is 22.9. The van der Waals surface area contributed by atoms with Crippen LogP contribution in [-0.4, -0.2) is 20.0 Å². The summed E-state index contributed by atoms with van der Waals surface area (Å²) in [5, 5.41) is 0. The number of fused-ring (bicyclic) bond motifs is 4. The fourth-order valence-corrected chi connectivity index (χ4v) is 5.35. The van der Waals surface area contributed by atoms with Crippen LogP contribution in [0, 0.1) is 0 Å². The van der Waals surface area contributed by atoms with Crippen LogP contribution in [0.25, 0.3) is 0 Å². The van der Waals surface area contributed by atoms with Crippen LogP contribution in [0.3, 0.4) is 0 Å². The highest BCUT2D eigenvalue weighted by atomic mass is 16.7. The standard InChI is InChI=1S/C28H28O5/c1-29-25-13-19(11-12-24(25)30-16-18-7-3-2-4-8-18)28-22-15-27-26(31-17-32-27)14-21(22)20-9-5-6-10-23(20)33-28/h2-4,7-8,11-15,20,23,28H,5-6,9-10,16-17H2,1H3/t20-,23-,28-/m0/s1. The number of benzene rings is 3. The molecule has 2 heterocycles. The lowest BCUT2D eigenvalue weighted by Gasteiger charge is -2.41. The van der Waals surface area contributed by atoms with Crippen LogP contribution in [0.4, 0.5) is 0 Å². The summed E-state index contributed by atoms with van der Waals surface area (Å²) in [6.45, 7) is 0.770. The average molecular weight is 445 g/mol. The van der Waals surface area contributed by atoms with Gasteiger partial charge in [0.2, 0.25) is 6.79 Å². The Bertz CT molecular complexity index is 1140. The van der Waals surface area contributed by atoms with E-state index in [0.29, 0.717) is 18.3 Å². The van der Waals surface area contributed by atoms with Crippen LogP contribution < -0.4 is 18.9 Å². The minimum atomic E-state index is -0.175. The largest absolute Gasteiger partial charge is 0.493 e. The molecule has 0 spiro atoms. The van der Waals surface area contributed by atoms with Crippen LogP contribution in [0.5, 0.6) is 23.0 Å². The number of hydrogen-bond acceptors (Lipinski definition) is 5. The van der Waals surface area contributed by atoms with Gasteiger partial charge in [0.25, 0.3) is 0 Å². The molecule has 0 amide bonds. The van der Waals surface area contributed by atoms with Crippen molar-refractivity contribution in [1.82, 2.24) is 0 Å². The maximum Gasteiger partial charge on any atom is 0.231 e. The fraction of sp³-hybridized carbons (Fsp3) is 0.357. The fourth-order valence-electron chi connectivity index (χ4n) is 5.35. The zero-order valence-corrected chi connectivity index (χ0v) is 18.8. The van der Waals surface area contributed by atoms with Crippen molar-refractivity contribution < 1.29 is 23.7 Å². The molecule has 3 atom stereocenters. The summed E-state index contributed by atoms with van der Waals surface area (Å²) in [5.74, 6) is 3.49. The van der Waals surface area contributed by atoms with Gasteiger partial charge in [-0.15, -0.1) is 0 Å². The summed E-state index contributed by atoms with van der Waals surface area (Å²) in [7, 11) is 1.68. The molecule has 0 N–H and O–H groups in total. The van der Waals surface area contributed by atoms with E-state index < -0.39 is 0 Å². The van der Waals surface area contributed by atoms with E-state index in [1.54, 1.807) is 7.11 Å². The van der Waals surface area contributed by atoms with Gasteiger partial charge in [0, 0.05) is 5.92 Å². The Kier molecular flexibility index (Phi) is 5.35. The predicted octanol–water partition coefficient (Wildman–Crippen LogP) is 6.15. The Morgan fingerprint density at radius 1 is 0.848 bits per heavy atom. The van der Waals surface area contributed by atoms with Crippen LogP contribution in [0.15, 0.2) is 60.7 Å². The second-order valence-electron chi connectivity index (χ2n) is 8.96. The van der Waals surface area contributed by atoms with E-state index in [4.69, 9.17) is 23.7 Å². The zero-order chi connectivity index (χ0) is 22.2. The van der Waals surface area contributed by atoms with Crippen molar-refractivity contribution in [2.75, 3.05) is 13.9 Å². The topological polar surface area (TPSA) is 46.2 Å². The third-order valence-corrected chi connectivity index (χ3v) is 7.00. The first-order chi connectivity index (χ1) is 16.3. The number of ether oxygens (including phenoxy) is 5. The van der Waals surface area contributed by atoms with E-state index in [2.05, 4.69) is 30.3 Å². The first-order valence-corrected chi connectivity index (χ1v) is 11.7. The maximum atomic E-state index is 6.74. The van der Waals surface area contributed by atoms with Crippen LogP contribution >= 0.6 is 0 Å². The summed E-state index contributed by atoms with van der Waals surface area (Å²) < 4.78 is 29.9. The second kappa shape index (κ2) is 8.64. The van der Waals surface area contributed by atoms with E-state index in [1.807, 2.05) is 30.3 Å². The van der Waals surface area contributed by atoms with Gasteiger partial charge in [-0.3, -0.25) is 0 Å². The van der Waals surface area contributed by atoms with E-state index in [0.717, 1.165) is 41.2 Å². The Balaban J connectivity index is 1.34. The minimum absolute atomic E-state index is 0.175. The van der Waals surface area contributed by atoms with Crippen molar-refractivity contribution in [3.63, 3.8) is 0 Å². The molecule has 0 unspecified atom stereocenters. The lowest BCUT2D eigenvalue weighted by Crippen LogP contribution is -2.33. The molecule has 0 saturated heterocycles. The van der Waals surface area contributed by atoms with Crippen molar-refractivity contribution in [2.45, 2.75) is 50.4 Å². The highest BCUT2D eigenvalue weighted by molar-refractivity contribution is 5.54. The highest BCUT2D eigenvalue weighted by Gasteiger charge is 2.39. The molecule has 6 rings (SSSR count). The van der Waals surface area contributed by atoms with Crippen LogP contribution in [0.1, 0.15) is 60.0 Å². The van der Waals surface area contributed by atoms with Gasteiger partial charge in [0.1, 0.15) is 12.7 Å². The summed E-state index contributed by atoms with van der Waals surface area (Å²) in [4.78, 5) is 0. The lowest BCUT2D eigenvalue weighted by molar-refractivity contribution is -0.0390. The molecule has 33 heavy (non-hydrogen) atoms. The Labute approximate surface area is 194 Å². The molecular formula is C28H28O5. The first-order valence-electron chi connectivity index (χ1n) is 11.7. The van der Waals surface area contributed by atoms with Gasteiger partial charge in [0.05, 0.1) is 13.2 Å². The molecular weight excluding hydrogens is 416 g/mol. The van der Waals surface area contributed by atoms with Crippen molar-refractivity contribution in [3.8, 4) is 23.0 Å². The van der Waals surface area contributed by atoms with Gasteiger partial charge in [-0.2, -0.15) is 0 Å². The molecule has 2 aliphatic heterocycles. The van der Waals surface area contributed by atoms with Crippen molar-refractivity contribution in [2.24, 2.45) is 0 Å². The predicted molar refractivity (Wildman–Crippen MR) is 124 cm³/mol. The number of hydrogen-bond donors (Lipinski definition) is 0. The Morgan fingerprint density at radius 2 is 1.64 bits per heavy atom. The third-order valence-electron chi connectivity index (χ3n) is 7.00. The van der Waals surface area contributed by atoms with E-state index in [9.17, 15) is 0 Å². The maximum absolute atomic E-state index is 6.74. The van der Waals surface area contributed by atoms with E-state index in [1.165, 1.54) is 24.0 Å². The highest BCUT2D eigenvalue weighted by Crippen LogP contribution is 2.51. The molecule has 0 bridgehead atoms. The lowest BCUT2D eigenvalue weighted by atomic mass is 9.76. The number of rotatable bonds is 5. The molecule has 3 aromatic carbocycles. The summed E-state index contributed by atoms with van der Waals surface area (Å²) in [6, 6.07) is 20.6. The van der Waals surface area contributed by atoms with Gasteiger partial charge < -0.3 is 23.7 Å². The molecule has 0 radical (unpaired) electrons. The van der Waals surface area contributed by atoms with Crippen LogP contribution in [0.2, 0.25) is 0 Å². The SMILES string of the molecule is COc1cc([C@@H]2O[C@H]3CCCC[C@H]3c3cc4c(cc32)OCO4)ccc1OCc1ccccc1. The van der Waals surface area contributed by atoms with Crippen molar-refractivity contribution in [1.29, 1.82) is 0 Å². The van der Waals surface area contributed by atoms with Gasteiger partial charge in [0.15, 0.2) is 23.0 Å². The molecule has 1 aliphatic carbocycles. The third kappa shape index (κ3) is 3.80. The van der Waals surface area contributed by atoms with Gasteiger partial charge >= 0.3 is 0 Å². The molecule has 1 saturated carbocycles. The van der Waals surface area contributed by atoms with Gasteiger partial charge in [-0.1, -0.05) is 49.2 Å².